The summed E-state index contributed by atoms with van der Waals surface area (Å²) in [7, 11) is 1.87. The van der Waals surface area contributed by atoms with E-state index in [1.807, 2.05) is 7.05 Å². The van der Waals surface area contributed by atoms with E-state index in [1.165, 1.54) is 51.3 Å². The Morgan fingerprint density at radius 2 is 2.05 bits per heavy atom. The van der Waals surface area contributed by atoms with E-state index < -0.39 is 0 Å². The van der Waals surface area contributed by atoms with Gasteiger partial charge < -0.3 is 10.6 Å². The molecule has 128 valence electrons. The normalized spacial score (nSPS) is 37.7. The Labute approximate surface area is 156 Å². The average molecular weight is 439 g/mol. The molecule has 0 saturated carbocycles. The lowest BCUT2D eigenvalue weighted by atomic mass is 10.1. The summed E-state index contributed by atoms with van der Waals surface area (Å²) < 4.78 is 0.386. The van der Waals surface area contributed by atoms with Gasteiger partial charge in [-0.15, -0.1) is 24.0 Å². The first kappa shape index (κ1) is 18.6. The molecule has 4 rings (SSSR count). The zero-order valence-electron chi connectivity index (χ0n) is 13.8. The van der Waals surface area contributed by atoms with Crippen LogP contribution in [0.1, 0.15) is 19.8 Å². The van der Waals surface area contributed by atoms with E-state index >= 15 is 0 Å². The monoisotopic (exact) mass is 439 g/mol. The minimum atomic E-state index is 0. The van der Waals surface area contributed by atoms with Gasteiger partial charge in [0.2, 0.25) is 0 Å². The van der Waals surface area contributed by atoms with Gasteiger partial charge in [0, 0.05) is 63.6 Å². The van der Waals surface area contributed by atoms with E-state index in [4.69, 9.17) is 0 Å². The molecule has 0 aromatic heterocycles. The van der Waals surface area contributed by atoms with Crippen LogP contribution in [0.5, 0.6) is 0 Å². The Hall–Kier alpha value is 0.270. The first-order valence-corrected chi connectivity index (χ1v) is 9.22. The van der Waals surface area contributed by atoms with Crippen molar-refractivity contribution in [1.82, 2.24) is 20.4 Å². The van der Waals surface area contributed by atoms with Crippen LogP contribution in [0.15, 0.2) is 4.99 Å². The van der Waals surface area contributed by atoms with Crippen molar-refractivity contribution in [2.24, 2.45) is 4.99 Å². The molecule has 7 heteroatoms. The quantitative estimate of drug-likeness (QED) is 0.390. The van der Waals surface area contributed by atoms with Gasteiger partial charge in [-0.1, -0.05) is 0 Å². The number of thioether (sulfide) groups is 1. The van der Waals surface area contributed by atoms with Crippen LogP contribution in [-0.4, -0.2) is 85.2 Å². The summed E-state index contributed by atoms with van der Waals surface area (Å²) in [6.07, 6.45) is 2.66. The van der Waals surface area contributed by atoms with E-state index in [9.17, 15) is 0 Å². The van der Waals surface area contributed by atoms with Gasteiger partial charge >= 0.3 is 0 Å². The maximum Gasteiger partial charge on any atom is 0.191 e. The molecule has 0 aromatic rings. The number of nitrogens with one attached hydrogen (secondary N) is 2. The number of fused-ring (bicyclic) bond motifs is 3. The van der Waals surface area contributed by atoms with E-state index in [-0.39, 0.29) is 24.0 Å². The maximum absolute atomic E-state index is 4.38. The molecule has 0 aromatic carbocycles. The molecule has 4 heterocycles. The molecule has 0 spiro atoms. The van der Waals surface area contributed by atoms with Crippen LogP contribution in [0, 0.1) is 0 Å². The van der Waals surface area contributed by atoms with E-state index in [0.29, 0.717) is 10.8 Å². The molecule has 2 unspecified atom stereocenters. The molecular formula is C15H30IN5S. The van der Waals surface area contributed by atoms with Gasteiger partial charge in [0.05, 0.1) is 0 Å². The van der Waals surface area contributed by atoms with E-state index in [2.05, 4.69) is 44.1 Å². The second kappa shape index (κ2) is 8.39. The lowest BCUT2D eigenvalue weighted by molar-refractivity contribution is 0.0154. The van der Waals surface area contributed by atoms with Crippen LogP contribution in [0.3, 0.4) is 0 Å². The van der Waals surface area contributed by atoms with Gasteiger partial charge in [0.25, 0.3) is 0 Å². The van der Waals surface area contributed by atoms with Crippen molar-refractivity contribution in [2.75, 3.05) is 58.6 Å². The Morgan fingerprint density at radius 3 is 2.59 bits per heavy atom. The van der Waals surface area contributed by atoms with Crippen molar-refractivity contribution in [3.8, 4) is 0 Å². The number of hydrogen-bond donors (Lipinski definition) is 2. The Kier molecular flexibility index (Phi) is 7.10. The fraction of sp³-hybridized carbons (Fsp3) is 0.933. The van der Waals surface area contributed by atoms with Gasteiger partial charge in [-0.05, 0) is 25.5 Å². The number of aliphatic imine (C=N–C) groups is 1. The molecule has 2 N–H and O–H groups in total. The molecule has 4 saturated heterocycles. The number of guanidine groups is 1. The molecule has 4 aliphatic heterocycles. The highest BCUT2D eigenvalue weighted by atomic mass is 127. The highest BCUT2D eigenvalue weighted by Gasteiger charge is 2.32. The second-order valence-corrected chi connectivity index (χ2v) is 8.38. The lowest BCUT2D eigenvalue weighted by Crippen LogP contribution is -2.64. The highest BCUT2D eigenvalue weighted by Crippen LogP contribution is 2.36. The summed E-state index contributed by atoms with van der Waals surface area (Å²) in [6, 6.07) is 0.641. The smallest absolute Gasteiger partial charge is 0.191 e. The lowest BCUT2D eigenvalue weighted by Gasteiger charge is -2.47. The number of piperazine rings is 3. The zero-order chi connectivity index (χ0) is 14.7. The zero-order valence-corrected chi connectivity index (χ0v) is 17.0. The first-order valence-electron chi connectivity index (χ1n) is 8.23. The molecule has 0 aliphatic carbocycles. The largest absolute Gasteiger partial charge is 0.355 e. The predicted molar refractivity (Wildman–Crippen MR) is 107 cm³/mol. The molecule has 0 radical (unpaired) electrons. The molecule has 4 fully saturated rings. The molecule has 2 atom stereocenters. The fourth-order valence-corrected chi connectivity index (χ4v) is 4.84. The summed E-state index contributed by atoms with van der Waals surface area (Å²) in [5, 5.41) is 7.05. The minimum Gasteiger partial charge on any atom is -0.355 e. The molecule has 5 nitrogen and oxygen atoms in total. The first-order chi connectivity index (χ1) is 10.2. The van der Waals surface area contributed by atoms with Crippen LogP contribution < -0.4 is 10.6 Å². The SMILES string of the molecule is CN=C(NCC1CN2CCN1CC2)NCC1(C)CCCS1.I. The molecular weight excluding hydrogens is 409 g/mol. The second-order valence-electron chi connectivity index (χ2n) is 6.70. The topological polar surface area (TPSA) is 42.9 Å². The minimum absolute atomic E-state index is 0. The summed E-state index contributed by atoms with van der Waals surface area (Å²) in [4.78, 5) is 9.58. The third kappa shape index (κ3) is 4.64. The van der Waals surface area contributed by atoms with Gasteiger partial charge in [0.1, 0.15) is 0 Å². The van der Waals surface area contributed by atoms with Gasteiger partial charge in [-0.25, -0.2) is 0 Å². The maximum atomic E-state index is 4.38. The van der Waals surface area contributed by atoms with Crippen LogP contribution in [0.2, 0.25) is 0 Å². The number of hydrogen-bond acceptors (Lipinski definition) is 4. The summed E-state index contributed by atoms with van der Waals surface area (Å²) in [6.45, 7) is 10.5. The Balaban J connectivity index is 0.00000176. The fourth-order valence-electron chi connectivity index (χ4n) is 3.60. The van der Waals surface area contributed by atoms with Crippen molar-refractivity contribution in [2.45, 2.75) is 30.6 Å². The third-order valence-corrected chi connectivity index (χ3v) is 6.59. The van der Waals surface area contributed by atoms with Gasteiger partial charge in [-0.3, -0.25) is 14.8 Å². The number of rotatable bonds is 4. The third-order valence-electron chi connectivity index (χ3n) is 5.05. The van der Waals surface area contributed by atoms with Crippen molar-refractivity contribution < 1.29 is 0 Å². The van der Waals surface area contributed by atoms with Gasteiger partial charge in [0.15, 0.2) is 5.96 Å². The van der Waals surface area contributed by atoms with Crippen LogP contribution in [-0.2, 0) is 0 Å². The Morgan fingerprint density at radius 1 is 1.27 bits per heavy atom. The van der Waals surface area contributed by atoms with Crippen molar-refractivity contribution in [1.29, 1.82) is 0 Å². The van der Waals surface area contributed by atoms with Crippen LogP contribution in [0.25, 0.3) is 0 Å². The summed E-state index contributed by atoms with van der Waals surface area (Å²) in [5.41, 5.74) is 0. The number of nitrogens with zero attached hydrogens (tertiary/aromatic N) is 3. The van der Waals surface area contributed by atoms with Gasteiger partial charge in [-0.2, -0.15) is 11.8 Å². The Bertz CT molecular complexity index is 378. The van der Waals surface area contributed by atoms with E-state index in [1.54, 1.807) is 0 Å². The molecule has 2 bridgehead atoms. The average Bonchev–Trinajstić information content (AvgIpc) is 2.96. The highest BCUT2D eigenvalue weighted by molar-refractivity contribution is 14.0. The number of halogens is 1. The molecule has 0 amide bonds. The van der Waals surface area contributed by atoms with Crippen molar-refractivity contribution >= 4 is 41.7 Å². The summed E-state index contributed by atoms with van der Waals surface area (Å²) >= 11 is 2.09. The van der Waals surface area contributed by atoms with E-state index in [0.717, 1.165) is 19.0 Å². The van der Waals surface area contributed by atoms with Crippen molar-refractivity contribution in [3.63, 3.8) is 0 Å². The molecule has 4 aliphatic rings. The standard InChI is InChI=1S/C15H29N5S.HI/c1-15(4-3-9-21-15)12-18-14(16-2)17-10-13-11-19-5-7-20(13)8-6-19;/h13H,3-12H2,1-2H3,(H2,16,17,18);1H. The summed E-state index contributed by atoms with van der Waals surface area (Å²) in [5.74, 6) is 2.26. The van der Waals surface area contributed by atoms with Crippen LogP contribution >= 0.6 is 35.7 Å². The van der Waals surface area contributed by atoms with Crippen LogP contribution in [0.4, 0.5) is 0 Å². The predicted octanol–water partition coefficient (Wildman–Crippen LogP) is 1.05. The molecule has 22 heavy (non-hydrogen) atoms. The van der Waals surface area contributed by atoms with Crippen molar-refractivity contribution in [3.05, 3.63) is 0 Å².